The highest BCUT2D eigenvalue weighted by Crippen LogP contribution is 2.62. The fourth-order valence-electron chi connectivity index (χ4n) is 12.1. The molecule has 0 aliphatic heterocycles. The van der Waals surface area contributed by atoms with Crippen LogP contribution in [0.15, 0.2) is 285 Å². The normalized spacial score (nSPS) is 13.4. The molecule has 2 aliphatic carbocycles. The zero-order chi connectivity index (χ0) is 45.8. The van der Waals surface area contributed by atoms with Crippen molar-refractivity contribution >= 4 is 17.1 Å². The van der Waals surface area contributed by atoms with E-state index in [-0.39, 0.29) is 0 Å². The summed E-state index contributed by atoms with van der Waals surface area (Å²) in [6.45, 7) is 0. The maximum Gasteiger partial charge on any atom is 0.0714 e. The molecule has 0 heterocycles. The van der Waals surface area contributed by atoms with Crippen molar-refractivity contribution in [3.8, 4) is 44.5 Å². The Hall–Kier alpha value is -8.78. The van der Waals surface area contributed by atoms with E-state index < -0.39 is 10.8 Å². The monoisotopic (exact) mass is 877 g/mol. The molecule has 0 saturated carbocycles. The fraction of sp³-hybridized carbons (Fsp3) is 0.0294. The van der Waals surface area contributed by atoms with Crippen LogP contribution in [0.1, 0.15) is 44.5 Å². The third-order valence-corrected chi connectivity index (χ3v) is 14.8. The van der Waals surface area contributed by atoms with Gasteiger partial charge in [0.25, 0.3) is 0 Å². The highest BCUT2D eigenvalue weighted by Gasteiger charge is 2.49. The Bertz CT molecular complexity index is 3500. The van der Waals surface area contributed by atoms with Gasteiger partial charge in [-0.3, -0.25) is 0 Å². The zero-order valence-corrected chi connectivity index (χ0v) is 38.1. The number of hydrogen-bond acceptors (Lipinski definition) is 1. The second-order valence-corrected chi connectivity index (χ2v) is 18.3. The molecule has 11 aromatic carbocycles. The van der Waals surface area contributed by atoms with Crippen molar-refractivity contribution in [3.63, 3.8) is 0 Å². The molecule has 0 aromatic heterocycles. The van der Waals surface area contributed by atoms with Crippen molar-refractivity contribution < 1.29 is 0 Å². The maximum atomic E-state index is 2.61. The van der Waals surface area contributed by atoms with Gasteiger partial charge in [0.15, 0.2) is 0 Å². The molecule has 1 nitrogen and oxygen atoms in total. The van der Waals surface area contributed by atoms with E-state index in [2.05, 4.69) is 290 Å². The molecule has 2 aliphatic rings. The molecule has 0 radical (unpaired) electrons. The van der Waals surface area contributed by atoms with E-state index in [1.54, 1.807) is 0 Å². The number of benzene rings is 11. The standard InChI is InChI=1S/C68H47N/c1-7-25-48(26-8-1)55-39-23-40-56(49-27-9-2-10-28-49)66(55)69(54-45-46-58-57-37-19-21-41-60(57)68(63(58)47-54,52-33-15-5-16-34-52)53-35-17-6-18-36-53)64-44-24-43-62-65(64)59-38-20-22-42-61(59)67(62,50-29-11-3-12-30-50)51-31-13-4-14-32-51/h1-47H. The Balaban J connectivity index is 1.18. The molecule has 69 heavy (non-hydrogen) atoms. The summed E-state index contributed by atoms with van der Waals surface area (Å²) in [4.78, 5) is 2.61. The van der Waals surface area contributed by atoms with Crippen LogP contribution in [0.2, 0.25) is 0 Å². The number of hydrogen-bond donors (Lipinski definition) is 0. The van der Waals surface area contributed by atoms with Crippen LogP contribution in [0, 0.1) is 0 Å². The van der Waals surface area contributed by atoms with Gasteiger partial charge in [0.2, 0.25) is 0 Å². The number of para-hydroxylation sites is 1. The van der Waals surface area contributed by atoms with Crippen LogP contribution in [0.3, 0.4) is 0 Å². The summed E-state index contributed by atoms with van der Waals surface area (Å²) in [7, 11) is 0. The SMILES string of the molecule is c1ccc(-c2cccc(-c3ccccc3)c2N(c2ccc3c(c2)C(c2ccccc2)(c2ccccc2)c2ccccc2-3)c2cccc3c2-c2ccccc2C3(c2ccccc2)c2ccccc2)cc1. The molecule has 0 fully saturated rings. The predicted octanol–water partition coefficient (Wildman–Crippen LogP) is 17.2. The topological polar surface area (TPSA) is 3.24 Å². The van der Waals surface area contributed by atoms with E-state index in [0.717, 1.165) is 39.3 Å². The number of anilines is 3. The molecule has 0 amide bonds. The summed E-state index contributed by atoms with van der Waals surface area (Å²) < 4.78 is 0. The average molecular weight is 878 g/mol. The van der Waals surface area contributed by atoms with E-state index in [0.29, 0.717) is 0 Å². The van der Waals surface area contributed by atoms with Gasteiger partial charge >= 0.3 is 0 Å². The summed E-state index contributed by atoms with van der Waals surface area (Å²) in [5.74, 6) is 0. The lowest BCUT2D eigenvalue weighted by Gasteiger charge is -2.36. The smallest absolute Gasteiger partial charge is 0.0714 e. The van der Waals surface area contributed by atoms with E-state index in [1.165, 1.54) is 66.8 Å². The van der Waals surface area contributed by atoms with Gasteiger partial charge in [0.05, 0.1) is 22.2 Å². The van der Waals surface area contributed by atoms with E-state index in [1.807, 2.05) is 0 Å². The van der Waals surface area contributed by atoms with Crippen LogP contribution in [0.5, 0.6) is 0 Å². The van der Waals surface area contributed by atoms with Crippen molar-refractivity contribution in [2.75, 3.05) is 4.90 Å². The third kappa shape index (κ3) is 6.10. The highest BCUT2D eigenvalue weighted by molar-refractivity contribution is 6.04. The molecule has 0 atom stereocenters. The Morgan fingerprint density at radius 3 is 1.12 bits per heavy atom. The van der Waals surface area contributed by atoms with Crippen LogP contribution in [-0.2, 0) is 10.8 Å². The van der Waals surface area contributed by atoms with Gasteiger partial charge in [-0.1, -0.05) is 267 Å². The molecule has 0 unspecified atom stereocenters. The number of nitrogens with zero attached hydrogens (tertiary/aromatic N) is 1. The molecule has 1 heteroatoms. The minimum atomic E-state index is -0.585. The fourth-order valence-corrected chi connectivity index (χ4v) is 12.1. The molecule has 0 N–H and O–H groups in total. The van der Waals surface area contributed by atoms with Gasteiger partial charge < -0.3 is 4.90 Å². The van der Waals surface area contributed by atoms with Gasteiger partial charge in [-0.15, -0.1) is 0 Å². The van der Waals surface area contributed by atoms with E-state index in [4.69, 9.17) is 0 Å². The Morgan fingerprint density at radius 1 is 0.246 bits per heavy atom. The zero-order valence-electron chi connectivity index (χ0n) is 38.1. The first-order chi connectivity index (χ1) is 34.3. The third-order valence-electron chi connectivity index (χ3n) is 14.8. The number of rotatable bonds is 9. The maximum absolute atomic E-state index is 2.61. The second-order valence-electron chi connectivity index (χ2n) is 18.3. The van der Waals surface area contributed by atoms with Gasteiger partial charge in [-0.05, 0) is 90.5 Å². The Kier molecular flexibility index (Phi) is 9.70. The lowest BCUT2D eigenvalue weighted by molar-refractivity contribution is 0.768. The van der Waals surface area contributed by atoms with Crippen molar-refractivity contribution in [3.05, 3.63) is 330 Å². The largest absolute Gasteiger partial charge is 0.309 e. The molecule has 0 spiro atoms. The minimum absolute atomic E-state index is 0.577. The van der Waals surface area contributed by atoms with Crippen molar-refractivity contribution in [2.24, 2.45) is 0 Å². The van der Waals surface area contributed by atoms with Crippen molar-refractivity contribution in [2.45, 2.75) is 10.8 Å². The van der Waals surface area contributed by atoms with E-state index in [9.17, 15) is 0 Å². The number of fused-ring (bicyclic) bond motifs is 6. The minimum Gasteiger partial charge on any atom is -0.309 e. The molecule has 0 saturated heterocycles. The van der Waals surface area contributed by atoms with Crippen molar-refractivity contribution in [1.29, 1.82) is 0 Å². The lowest BCUT2D eigenvalue weighted by atomic mass is 9.67. The predicted molar refractivity (Wildman–Crippen MR) is 287 cm³/mol. The van der Waals surface area contributed by atoms with Crippen LogP contribution in [0.25, 0.3) is 44.5 Å². The molecule has 13 rings (SSSR count). The molecular formula is C68H47N. The van der Waals surface area contributed by atoms with Crippen LogP contribution in [-0.4, -0.2) is 0 Å². The van der Waals surface area contributed by atoms with Gasteiger partial charge in [0.1, 0.15) is 0 Å². The van der Waals surface area contributed by atoms with E-state index >= 15 is 0 Å². The first-order valence-corrected chi connectivity index (χ1v) is 24.0. The van der Waals surface area contributed by atoms with Gasteiger partial charge in [-0.2, -0.15) is 0 Å². The Morgan fingerprint density at radius 2 is 0.609 bits per heavy atom. The summed E-state index contributed by atoms with van der Waals surface area (Å²) in [6, 6.07) is 106. The molecule has 11 aromatic rings. The summed E-state index contributed by atoms with van der Waals surface area (Å²) in [5.41, 5.74) is 21.8. The van der Waals surface area contributed by atoms with Crippen molar-refractivity contribution in [1.82, 2.24) is 0 Å². The summed E-state index contributed by atoms with van der Waals surface area (Å²) in [6.07, 6.45) is 0. The van der Waals surface area contributed by atoms with Gasteiger partial charge in [0, 0.05) is 22.4 Å². The van der Waals surface area contributed by atoms with Crippen LogP contribution in [0.4, 0.5) is 17.1 Å². The van der Waals surface area contributed by atoms with Crippen LogP contribution < -0.4 is 4.90 Å². The Labute approximate surface area is 404 Å². The lowest BCUT2D eigenvalue weighted by Crippen LogP contribution is -2.29. The van der Waals surface area contributed by atoms with Crippen LogP contribution >= 0.6 is 0 Å². The summed E-state index contributed by atoms with van der Waals surface area (Å²) in [5, 5.41) is 0. The summed E-state index contributed by atoms with van der Waals surface area (Å²) >= 11 is 0. The molecule has 324 valence electrons. The van der Waals surface area contributed by atoms with Gasteiger partial charge in [-0.25, -0.2) is 0 Å². The quantitative estimate of drug-likeness (QED) is 0.140. The molecular weight excluding hydrogens is 831 g/mol. The highest BCUT2D eigenvalue weighted by atomic mass is 15.2. The molecule has 0 bridgehead atoms. The first-order valence-electron chi connectivity index (χ1n) is 24.0. The average Bonchev–Trinajstić information content (AvgIpc) is 3.91. The first kappa shape index (κ1) is 40.5. The second kappa shape index (κ2) is 16.5.